The largest absolute Gasteiger partial charge is 0.456 e. The van der Waals surface area contributed by atoms with Crippen LogP contribution < -0.4 is 0 Å². The van der Waals surface area contributed by atoms with Crippen LogP contribution in [0.5, 0.6) is 0 Å². The van der Waals surface area contributed by atoms with E-state index < -0.39 is 0 Å². The van der Waals surface area contributed by atoms with Crippen LogP contribution in [-0.2, 0) is 0 Å². The lowest BCUT2D eigenvalue weighted by Crippen LogP contribution is -1.93. The number of furan rings is 2. The molecule has 0 spiro atoms. The van der Waals surface area contributed by atoms with Gasteiger partial charge in [0.05, 0.1) is 0 Å². The Labute approximate surface area is 322 Å². The SMILES string of the molecule is c1ccc(-c2cccc(-c3c4ccccc4c(-c4cc(-c5c6ccccc6cc6oc7ccccc7c56)cc5oc6ccccc6c45)c4ccccc34)c2)cc1. The van der Waals surface area contributed by atoms with E-state index in [0.717, 1.165) is 66.0 Å². The Morgan fingerprint density at radius 1 is 0.250 bits per heavy atom. The smallest absolute Gasteiger partial charge is 0.136 e. The molecule has 0 saturated carbocycles. The molecule has 56 heavy (non-hydrogen) atoms. The maximum Gasteiger partial charge on any atom is 0.136 e. The normalized spacial score (nSPS) is 11.9. The molecule has 0 aliphatic heterocycles. The molecule has 2 heteroatoms. The van der Waals surface area contributed by atoms with Crippen molar-refractivity contribution in [3.05, 3.63) is 194 Å². The van der Waals surface area contributed by atoms with Crippen molar-refractivity contribution >= 4 is 76.2 Å². The monoisotopic (exact) mass is 712 g/mol. The third kappa shape index (κ3) is 4.57. The summed E-state index contributed by atoms with van der Waals surface area (Å²) in [6.45, 7) is 0. The van der Waals surface area contributed by atoms with Gasteiger partial charge in [-0.3, -0.25) is 0 Å². The molecule has 2 nitrogen and oxygen atoms in total. The van der Waals surface area contributed by atoms with E-state index in [0.29, 0.717) is 0 Å². The first kappa shape index (κ1) is 31.0. The molecule has 12 aromatic rings. The standard InChI is InChI=1S/C54H32O2/c1-2-15-33(16-3-1)34-18-14-19-36(29-34)50-39-21-6-8-23-41(39)52(42-24-9-7-22-40(42)50)45-30-37(32-48-53(45)43-25-10-12-27-46(43)55-48)51-38-20-5-4-17-35(38)31-49-54(51)44-26-11-13-28-47(44)56-49/h1-32H. The molecule has 0 fully saturated rings. The molecule has 2 aromatic heterocycles. The maximum absolute atomic E-state index is 6.82. The second-order valence-electron chi connectivity index (χ2n) is 14.7. The highest BCUT2D eigenvalue weighted by atomic mass is 16.3. The molecule has 0 atom stereocenters. The molecule has 0 N–H and O–H groups in total. The van der Waals surface area contributed by atoms with Crippen molar-refractivity contribution in [3.63, 3.8) is 0 Å². The summed E-state index contributed by atoms with van der Waals surface area (Å²) in [6, 6.07) is 69.8. The molecule has 0 amide bonds. The van der Waals surface area contributed by atoms with Crippen LogP contribution in [0.1, 0.15) is 0 Å². The number of fused-ring (bicyclic) bond motifs is 9. The van der Waals surface area contributed by atoms with E-state index in [4.69, 9.17) is 8.83 Å². The number of benzene rings is 10. The van der Waals surface area contributed by atoms with Gasteiger partial charge < -0.3 is 8.83 Å². The van der Waals surface area contributed by atoms with Gasteiger partial charge in [0.15, 0.2) is 0 Å². The van der Waals surface area contributed by atoms with Crippen molar-refractivity contribution in [2.75, 3.05) is 0 Å². The fourth-order valence-electron chi connectivity index (χ4n) is 9.26. The quantitative estimate of drug-likeness (QED) is 0.170. The van der Waals surface area contributed by atoms with Crippen LogP contribution in [0.2, 0.25) is 0 Å². The zero-order chi connectivity index (χ0) is 36.7. The zero-order valence-electron chi connectivity index (χ0n) is 30.3. The molecule has 0 unspecified atom stereocenters. The van der Waals surface area contributed by atoms with Crippen molar-refractivity contribution in [2.24, 2.45) is 0 Å². The van der Waals surface area contributed by atoms with Crippen LogP contribution in [0.25, 0.3) is 121 Å². The highest BCUT2D eigenvalue weighted by Crippen LogP contribution is 2.50. The second kappa shape index (κ2) is 12.0. The Hall–Kier alpha value is -7.42. The molecule has 0 saturated heterocycles. The van der Waals surface area contributed by atoms with Gasteiger partial charge in [-0.25, -0.2) is 0 Å². The second-order valence-corrected chi connectivity index (χ2v) is 14.7. The highest BCUT2D eigenvalue weighted by Gasteiger charge is 2.24. The average Bonchev–Trinajstić information content (AvgIpc) is 3.83. The van der Waals surface area contributed by atoms with Crippen LogP contribution in [0, 0.1) is 0 Å². The van der Waals surface area contributed by atoms with Crippen LogP contribution in [0.3, 0.4) is 0 Å². The Bertz CT molecular complexity index is 3470. The molecule has 0 aliphatic rings. The van der Waals surface area contributed by atoms with Gasteiger partial charge in [-0.2, -0.15) is 0 Å². The van der Waals surface area contributed by atoms with E-state index in [9.17, 15) is 0 Å². The van der Waals surface area contributed by atoms with Crippen molar-refractivity contribution in [3.8, 4) is 44.5 Å². The summed E-state index contributed by atoms with van der Waals surface area (Å²) in [5.41, 5.74) is 12.9. The summed E-state index contributed by atoms with van der Waals surface area (Å²) in [5.74, 6) is 0. The van der Waals surface area contributed by atoms with E-state index in [-0.39, 0.29) is 0 Å². The summed E-state index contributed by atoms with van der Waals surface area (Å²) in [4.78, 5) is 0. The van der Waals surface area contributed by atoms with Crippen LogP contribution in [-0.4, -0.2) is 0 Å². The van der Waals surface area contributed by atoms with Crippen molar-refractivity contribution < 1.29 is 8.83 Å². The first-order valence-corrected chi connectivity index (χ1v) is 19.2. The molecular weight excluding hydrogens is 681 g/mol. The van der Waals surface area contributed by atoms with E-state index in [1.165, 1.54) is 54.7 Å². The third-order valence-electron chi connectivity index (χ3n) is 11.6. The summed E-state index contributed by atoms with van der Waals surface area (Å²) < 4.78 is 13.4. The van der Waals surface area contributed by atoms with E-state index in [2.05, 4.69) is 188 Å². The van der Waals surface area contributed by atoms with Gasteiger partial charge in [0.2, 0.25) is 0 Å². The molecule has 10 aromatic carbocycles. The maximum atomic E-state index is 6.82. The van der Waals surface area contributed by atoms with Crippen LogP contribution in [0.15, 0.2) is 203 Å². The summed E-state index contributed by atoms with van der Waals surface area (Å²) in [6.07, 6.45) is 0. The van der Waals surface area contributed by atoms with E-state index >= 15 is 0 Å². The van der Waals surface area contributed by atoms with Crippen molar-refractivity contribution in [1.29, 1.82) is 0 Å². The Balaban J connectivity index is 1.23. The topological polar surface area (TPSA) is 26.3 Å². The molecule has 12 rings (SSSR count). The van der Waals surface area contributed by atoms with Crippen LogP contribution >= 0.6 is 0 Å². The minimum absolute atomic E-state index is 0.861. The summed E-state index contributed by atoms with van der Waals surface area (Å²) in [5, 5.41) is 11.6. The first-order valence-electron chi connectivity index (χ1n) is 19.2. The minimum Gasteiger partial charge on any atom is -0.456 e. The van der Waals surface area contributed by atoms with Gasteiger partial charge in [0.1, 0.15) is 22.3 Å². The summed E-state index contributed by atoms with van der Waals surface area (Å²) >= 11 is 0. The van der Waals surface area contributed by atoms with E-state index in [1.54, 1.807) is 0 Å². The molecule has 0 bridgehead atoms. The fraction of sp³-hybridized carbons (Fsp3) is 0. The number of hydrogen-bond donors (Lipinski definition) is 0. The van der Waals surface area contributed by atoms with E-state index in [1.807, 2.05) is 6.07 Å². The minimum atomic E-state index is 0.861. The fourth-order valence-corrected chi connectivity index (χ4v) is 9.26. The Morgan fingerprint density at radius 2 is 0.750 bits per heavy atom. The lowest BCUT2D eigenvalue weighted by molar-refractivity contribution is 0.668. The molecule has 2 heterocycles. The van der Waals surface area contributed by atoms with Gasteiger partial charge in [-0.1, -0.05) is 158 Å². The Kier molecular flexibility index (Phi) is 6.66. The molecule has 0 radical (unpaired) electrons. The summed E-state index contributed by atoms with van der Waals surface area (Å²) in [7, 11) is 0. The number of rotatable bonds is 4. The molecular formula is C54H32O2. The predicted octanol–water partition coefficient (Wildman–Crippen LogP) is 15.6. The third-order valence-corrected chi connectivity index (χ3v) is 11.6. The number of hydrogen-bond acceptors (Lipinski definition) is 2. The predicted molar refractivity (Wildman–Crippen MR) is 235 cm³/mol. The van der Waals surface area contributed by atoms with Gasteiger partial charge in [0.25, 0.3) is 0 Å². The van der Waals surface area contributed by atoms with Gasteiger partial charge in [-0.05, 0) is 108 Å². The number of para-hydroxylation sites is 2. The average molecular weight is 713 g/mol. The Morgan fingerprint density at radius 3 is 1.43 bits per heavy atom. The van der Waals surface area contributed by atoms with Crippen molar-refractivity contribution in [1.82, 2.24) is 0 Å². The van der Waals surface area contributed by atoms with Crippen molar-refractivity contribution in [2.45, 2.75) is 0 Å². The lowest BCUT2D eigenvalue weighted by atomic mass is 9.83. The first-order chi connectivity index (χ1) is 27.8. The van der Waals surface area contributed by atoms with Crippen LogP contribution in [0.4, 0.5) is 0 Å². The van der Waals surface area contributed by atoms with Gasteiger partial charge >= 0.3 is 0 Å². The molecule has 260 valence electrons. The zero-order valence-corrected chi connectivity index (χ0v) is 30.3. The lowest BCUT2D eigenvalue weighted by Gasteiger charge is -2.19. The molecule has 0 aliphatic carbocycles. The van der Waals surface area contributed by atoms with Gasteiger partial charge in [0, 0.05) is 27.1 Å². The highest BCUT2D eigenvalue weighted by molar-refractivity contribution is 6.27. The van der Waals surface area contributed by atoms with Gasteiger partial charge in [-0.15, -0.1) is 0 Å².